The van der Waals surface area contributed by atoms with E-state index in [1.165, 1.54) is 24.3 Å². The molecule has 1 fully saturated rings. The summed E-state index contributed by atoms with van der Waals surface area (Å²) in [6.07, 6.45) is -4.64. The van der Waals surface area contributed by atoms with Crippen LogP contribution in [0, 0.1) is 4.91 Å². The highest BCUT2D eigenvalue weighted by atomic mass is 16.7. The predicted molar refractivity (Wildman–Crippen MR) is 69.4 cm³/mol. The van der Waals surface area contributed by atoms with Gasteiger partial charge in [-0.2, -0.15) is 0 Å². The Labute approximate surface area is 119 Å². The Kier molecular flexibility index (Phi) is 4.68. The van der Waals surface area contributed by atoms with Crippen LogP contribution in [0.15, 0.2) is 29.6 Å². The Morgan fingerprint density at radius 2 is 2.00 bits per heavy atom. The normalized spacial score (nSPS) is 28.7. The van der Waals surface area contributed by atoms with E-state index in [1.54, 1.807) is 0 Å². The van der Waals surface area contributed by atoms with Crippen LogP contribution in [0.4, 0.5) is 5.69 Å². The smallest absolute Gasteiger partial charge is 0.335 e. The van der Waals surface area contributed by atoms with Crippen molar-refractivity contribution in [1.82, 2.24) is 0 Å². The summed E-state index contributed by atoms with van der Waals surface area (Å²) in [5.74, 6) is -1.06. The van der Waals surface area contributed by atoms with Crippen molar-refractivity contribution in [3.05, 3.63) is 34.7 Å². The van der Waals surface area contributed by atoms with Gasteiger partial charge in [0.1, 0.15) is 12.2 Å². The lowest BCUT2D eigenvalue weighted by Crippen LogP contribution is -2.56. The van der Waals surface area contributed by atoms with Gasteiger partial charge in [-0.05, 0) is 24.3 Å². The SMILES string of the molecule is O=NO[C@@H]1C(Nc2ccc(C(=O)O)cc2)OC[C@@H](O)[C@H]1O. The van der Waals surface area contributed by atoms with Crippen LogP contribution in [0.2, 0.25) is 0 Å². The highest BCUT2D eigenvalue weighted by molar-refractivity contribution is 5.87. The molecule has 0 radical (unpaired) electrons. The topological polar surface area (TPSA) is 138 Å². The molecule has 1 aliphatic rings. The van der Waals surface area contributed by atoms with Gasteiger partial charge in [-0.15, -0.1) is 4.91 Å². The minimum Gasteiger partial charge on any atom is -0.478 e. The molecule has 1 aromatic rings. The summed E-state index contributed by atoms with van der Waals surface area (Å²) >= 11 is 0. The number of hydrogen-bond acceptors (Lipinski definition) is 8. The lowest BCUT2D eigenvalue weighted by atomic mass is 10.0. The van der Waals surface area contributed by atoms with Crippen molar-refractivity contribution >= 4 is 11.7 Å². The molecule has 1 unspecified atom stereocenters. The number of carbonyl (C=O) groups is 1. The zero-order valence-electron chi connectivity index (χ0n) is 10.7. The first-order chi connectivity index (χ1) is 10.0. The van der Waals surface area contributed by atoms with E-state index in [1.807, 2.05) is 0 Å². The number of aromatic carboxylic acids is 1. The van der Waals surface area contributed by atoms with E-state index >= 15 is 0 Å². The average Bonchev–Trinajstić information content (AvgIpc) is 2.47. The van der Waals surface area contributed by atoms with Gasteiger partial charge in [0.05, 0.1) is 12.2 Å². The molecule has 1 saturated heterocycles. The van der Waals surface area contributed by atoms with Crippen molar-refractivity contribution in [2.24, 2.45) is 5.34 Å². The van der Waals surface area contributed by atoms with Gasteiger partial charge in [0.2, 0.25) is 6.10 Å². The Hall–Kier alpha value is -2.23. The van der Waals surface area contributed by atoms with Crippen molar-refractivity contribution in [1.29, 1.82) is 0 Å². The third kappa shape index (κ3) is 3.45. The Bertz CT molecular complexity index is 507. The molecule has 0 bridgehead atoms. The van der Waals surface area contributed by atoms with Gasteiger partial charge in [0.15, 0.2) is 11.6 Å². The second kappa shape index (κ2) is 6.48. The highest BCUT2D eigenvalue weighted by Crippen LogP contribution is 2.21. The van der Waals surface area contributed by atoms with E-state index in [0.717, 1.165) is 0 Å². The van der Waals surface area contributed by atoms with Crippen LogP contribution in [0.3, 0.4) is 0 Å². The standard InChI is InChI=1S/C12H14N2O7/c15-8-5-20-11(10(9(8)16)21-14-19)13-7-3-1-6(2-4-7)12(17)18/h1-4,8-11,13,15-16H,5H2,(H,17,18)/t8-,9-,10+,11?/m1/s1. The molecule has 4 N–H and O–H groups in total. The predicted octanol–water partition coefficient (Wildman–Crippen LogP) is -0.0586. The van der Waals surface area contributed by atoms with E-state index in [9.17, 15) is 19.9 Å². The van der Waals surface area contributed by atoms with Crippen LogP contribution in [0.25, 0.3) is 0 Å². The maximum absolute atomic E-state index is 10.7. The molecule has 1 aliphatic heterocycles. The molecule has 9 heteroatoms. The molecular weight excluding hydrogens is 284 g/mol. The number of aliphatic hydroxyl groups is 2. The lowest BCUT2D eigenvalue weighted by molar-refractivity contribution is -0.197. The van der Waals surface area contributed by atoms with Crippen LogP contribution in [0.5, 0.6) is 0 Å². The first kappa shape index (κ1) is 15.2. The van der Waals surface area contributed by atoms with Gasteiger partial charge in [0, 0.05) is 5.69 Å². The third-order valence-corrected chi connectivity index (χ3v) is 3.08. The summed E-state index contributed by atoms with van der Waals surface area (Å²) in [6, 6.07) is 5.75. The van der Waals surface area contributed by atoms with Gasteiger partial charge in [-0.1, -0.05) is 0 Å². The van der Waals surface area contributed by atoms with Crippen LogP contribution in [-0.4, -0.2) is 52.4 Å². The molecule has 114 valence electrons. The highest BCUT2D eigenvalue weighted by Gasteiger charge is 2.41. The van der Waals surface area contributed by atoms with Gasteiger partial charge in [-0.3, -0.25) is 0 Å². The molecule has 0 amide bonds. The van der Waals surface area contributed by atoms with Gasteiger partial charge < -0.3 is 30.2 Å². The number of hydrogen-bond donors (Lipinski definition) is 4. The summed E-state index contributed by atoms with van der Waals surface area (Å²) in [5.41, 5.74) is 0.607. The minimum absolute atomic E-state index is 0.114. The fourth-order valence-electron chi connectivity index (χ4n) is 1.96. The molecule has 4 atom stereocenters. The maximum atomic E-state index is 10.7. The number of benzene rings is 1. The largest absolute Gasteiger partial charge is 0.478 e. The van der Waals surface area contributed by atoms with Crippen molar-refractivity contribution < 1.29 is 29.7 Å². The molecule has 1 aromatic carbocycles. The van der Waals surface area contributed by atoms with Crippen LogP contribution >= 0.6 is 0 Å². The van der Waals surface area contributed by atoms with E-state index in [2.05, 4.69) is 15.5 Å². The number of nitrogens with one attached hydrogen (secondary N) is 1. The average molecular weight is 298 g/mol. The molecule has 9 nitrogen and oxygen atoms in total. The summed E-state index contributed by atoms with van der Waals surface area (Å²) < 4.78 is 5.25. The molecular formula is C12H14N2O7. The Morgan fingerprint density at radius 1 is 1.33 bits per heavy atom. The zero-order valence-corrected chi connectivity index (χ0v) is 10.7. The number of ether oxygens (including phenoxy) is 1. The van der Waals surface area contributed by atoms with Crippen molar-refractivity contribution in [3.63, 3.8) is 0 Å². The van der Waals surface area contributed by atoms with Crippen LogP contribution in [0.1, 0.15) is 10.4 Å². The maximum Gasteiger partial charge on any atom is 0.335 e. The number of nitrogens with zero attached hydrogens (tertiary/aromatic N) is 1. The molecule has 1 heterocycles. The summed E-state index contributed by atoms with van der Waals surface area (Å²) in [4.78, 5) is 25.5. The summed E-state index contributed by atoms with van der Waals surface area (Å²) in [6.45, 7) is -0.148. The van der Waals surface area contributed by atoms with Gasteiger partial charge >= 0.3 is 5.97 Å². The second-order valence-electron chi connectivity index (χ2n) is 4.48. The number of carboxylic acid groups (broad SMARTS) is 1. The minimum atomic E-state index is -1.34. The van der Waals surface area contributed by atoms with Gasteiger partial charge in [-0.25, -0.2) is 4.79 Å². The number of carboxylic acids is 1. The Balaban J connectivity index is 2.09. The monoisotopic (exact) mass is 298 g/mol. The third-order valence-electron chi connectivity index (χ3n) is 3.08. The molecule has 0 spiro atoms. The van der Waals surface area contributed by atoms with Crippen LogP contribution in [-0.2, 0) is 9.57 Å². The molecule has 0 aromatic heterocycles. The first-order valence-corrected chi connectivity index (χ1v) is 6.09. The van der Waals surface area contributed by atoms with Crippen molar-refractivity contribution in [2.45, 2.75) is 24.5 Å². The number of aliphatic hydroxyl groups excluding tert-OH is 2. The summed E-state index contributed by atoms with van der Waals surface area (Å²) in [7, 11) is 0. The van der Waals surface area contributed by atoms with E-state index < -0.39 is 30.5 Å². The van der Waals surface area contributed by atoms with Gasteiger partial charge in [0.25, 0.3) is 0 Å². The van der Waals surface area contributed by atoms with E-state index in [4.69, 9.17) is 9.84 Å². The fourth-order valence-corrected chi connectivity index (χ4v) is 1.96. The van der Waals surface area contributed by atoms with Crippen molar-refractivity contribution in [2.75, 3.05) is 11.9 Å². The van der Waals surface area contributed by atoms with E-state index in [0.29, 0.717) is 5.69 Å². The summed E-state index contributed by atoms with van der Waals surface area (Å²) in [5, 5.41) is 33.1. The van der Waals surface area contributed by atoms with Crippen LogP contribution < -0.4 is 5.32 Å². The number of anilines is 1. The lowest BCUT2D eigenvalue weighted by Gasteiger charge is -2.36. The molecule has 21 heavy (non-hydrogen) atoms. The van der Waals surface area contributed by atoms with E-state index in [-0.39, 0.29) is 12.2 Å². The molecule has 2 rings (SSSR count). The number of rotatable bonds is 5. The quantitative estimate of drug-likeness (QED) is 0.438. The van der Waals surface area contributed by atoms with Crippen molar-refractivity contribution in [3.8, 4) is 0 Å². The fraction of sp³-hybridized carbons (Fsp3) is 0.417. The molecule has 0 aliphatic carbocycles. The zero-order chi connectivity index (χ0) is 15.4. The second-order valence-corrected chi connectivity index (χ2v) is 4.48. The Morgan fingerprint density at radius 3 is 2.57 bits per heavy atom. The molecule has 0 saturated carbocycles. The first-order valence-electron chi connectivity index (χ1n) is 6.09.